The van der Waals surface area contributed by atoms with Gasteiger partial charge in [-0.3, -0.25) is 14.2 Å². The summed E-state index contributed by atoms with van der Waals surface area (Å²) in [6.07, 6.45) is 0. The standard InChI is InChI=1S/C29H30FN5O6S/c1-5-41-22-12-8-20(9-13-22)32-26(36)17-42-29-34-33-25(35(29)21-10-6-19(30)7-11-21)16-31-28(37)18-14-23(38-2)27(40-4)24(15-18)39-3/h6-15H,5,16-17H2,1-4H3,(H,31,37)(H,32,36). The van der Waals surface area contributed by atoms with Gasteiger partial charge in [0, 0.05) is 16.9 Å². The lowest BCUT2D eigenvalue weighted by molar-refractivity contribution is -0.113. The van der Waals surface area contributed by atoms with Gasteiger partial charge in [-0.1, -0.05) is 11.8 Å². The topological polar surface area (TPSA) is 126 Å². The zero-order valence-electron chi connectivity index (χ0n) is 23.5. The van der Waals surface area contributed by atoms with Gasteiger partial charge in [0.05, 0.1) is 40.2 Å². The van der Waals surface area contributed by atoms with E-state index in [2.05, 4.69) is 20.8 Å². The summed E-state index contributed by atoms with van der Waals surface area (Å²) < 4.78 is 36.8. The molecule has 2 N–H and O–H groups in total. The number of ether oxygens (including phenoxy) is 4. The van der Waals surface area contributed by atoms with Crippen LogP contribution in [-0.2, 0) is 11.3 Å². The van der Waals surface area contributed by atoms with Crippen LogP contribution in [0.3, 0.4) is 0 Å². The average Bonchev–Trinajstić information content (AvgIpc) is 3.42. The quantitative estimate of drug-likeness (QED) is 0.215. The van der Waals surface area contributed by atoms with Gasteiger partial charge in [-0.2, -0.15) is 0 Å². The number of methoxy groups -OCH3 is 3. The van der Waals surface area contributed by atoms with Gasteiger partial charge in [-0.25, -0.2) is 4.39 Å². The molecule has 1 aromatic heterocycles. The van der Waals surface area contributed by atoms with E-state index in [9.17, 15) is 14.0 Å². The molecule has 0 atom stereocenters. The molecule has 0 fully saturated rings. The number of anilines is 1. The van der Waals surface area contributed by atoms with Gasteiger partial charge in [0.2, 0.25) is 11.7 Å². The Bertz CT molecular complexity index is 1500. The van der Waals surface area contributed by atoms with E-state index in [1.54, 1.807) is 41.0 Å². The van der Waals surface area contributed by atoms with Crippen LogP contribution in [-0.4, -0.2) is 60.3 Å². The largest absolute Gasteiger partial charge is 0.494 e. The molecule has 2 amide bonds. The molecule has 0 aliphatic carbocycles. The first kappa shape index (κ1) is 30.2. The number of aromatic nitrogens is 3. The lowest BCUT2D eigenvalue weighted by Gasteiger charge is -2.14. The smallest absolute Gasteiger partial charge is 0.251 e. The maximum Gasteiger partial charge on any atom is 0.251 e. The second-order valence-electron chi connectivity index (χ2n) is 8.60. The molecule has 4 aromatic rings. The van der Waals surface area contributed by atoms with Crippen molar-refractivity contribution in [2.24, 2.45) is 0 Å². The van der Waals surface area contributed by atoms with Crippen molar-refractivity contribution in [1.82, 2.24) is 20.1 Å². The maximum absolute atomic E-state index is 13.7. The van der Waals surface area contributed by atoms with E-state index < -0.39 is 11.7 Å². The predicted molar refractivity (Wildman–Crippen MR) is 156 cm³/mol. The predicted octanol–water partition coefficient (Wildman–Crippen LogP) is 4.49. The van der Waals surface area contributed by atoms with E-state index in [4.69, 9.17) is 18.9 Å². The van der Waals surface area contributed by atoms with Crippen LogP contribution < -0.4 is 29.6 Å². The Morgan fingerprint density at radius 2 is 1.60 bits per heavy atom. The van der Waals surface area contributed by atoms with Gasteiger partial charge < -0.3 is 29.6 Å². The second-order valence-corrected chi connectivity index (χ2v) is 9.54. The molecule has 42 heavy (non-hydrogen) atoms. The molecule has 11 nitrogen and oxygen atoms in total. The molecule has 0 unspecified atom stereocenters. The Hall–Kier alpha value is -4.78. The fourth-order valence-corrected chi connectivity index (χ4v) is 4.73. The van der Waals surface area contributed by atoms with Gasteiger partial charge >= 0.3 is 0 Å². The van der Waals surface area contributed by atoms with Gasteiger partial charge in [-0.05, 0) is 67.6 Å². The fraction of sp³-hybridized carbons (Fsp3) is 0.241. The van der Waals surface area contributed by atoms with Crippen molar-refractivity contribution in [3.63, 3.8) is 0 Å². The first-order valence-electron chi connectivity index (χ1n) is 12.8. The van der Waals surface area contributed by atoms with Crippen LogP contribution in [0, 0.1) is 5.82 Å². The molecule has 0 aliphatic rings. The molecule has 0 saturated heterocycles. The van der Waals surface area contributed by atoms with Crippen molar-refractivity contribution in [3.05, 3.63) is 77.9 Å². The van der Waals surface area contributed by atoms with Gasteiger partial charge in [0.25, 0.3) is 5.91 Å². The highest BCUT2D eigenvalue weighted by molar-refractivity contribution is 7.99. The van der Waals surface area contributed by atoms with E-state index in [-0.39, 0.29) is 23.8 Å². The molecule has 13 heteroatoms. The average molecular weight is 596 g/mol. The van der Waals surface area contributed by atoms with Crippen molar-refractivity contribution >= 4 is 29.3 Å². The Morgan fingerprint density at radius 1 is 0.929 bits per heavy atom. The van der Waals surface area contributed by atoms with E-state index in [0.29, 0.717) is 52.0 Å². The number of rotatable bonds is 13. The molecule has 1 heterocycles. The number of halogens is 1. The summed E-state index contributed by atoms with van der Waals surface area (Å²) in [4.78, 5) is 25.7. The Labute approximate surface area is 246 Å². The number of amides is 2. The lowest BCUT2D eigenvalue weighted by atomic mass is 10.1. The van der Waals surface area contributed by atoms with E-state index >= 15 is 0 Å². The molecule has 220 valence electrons. The van der Waals surface area contributed by atoms with Crippen molar-refractivity contribution in [1.29, 1.82) is 0 Å². The summed E-state index contributed by atoms with van der Waals surface area (Å²) in [5.41, 5.74) is 1.46. The number of carbonyl (C=O) groups excluding carboxylic acids is 2. The highest BCUT2D eigenvalue weighted by Crippen LogP contribution is 2.38. The van der Waals surface area contributed by atoms with E-state index in [1.165, 1.54) is 45.6 Å². The number of nitrogens with one attached hydrogen (secondary N) is 2. The van der Waals surface area contributed by atoms with Crippen LogP contribution in [0.25, 0.3) is 5.69 Å². The minimum atomic E-state index is -0.424. The zero-order chi connectivity index (χ0) is 30.1. The number of benzene rings is 3. The summed E-state index contributed by atoms with van der Waals surface area (Å²) in [6.45, 7) is 2.43. The summed E-state index contributed by atoms with van der Waals surface area (Å²) in [5, 5.41) is 14.5. The third-order valence-corrected chi connectivity index (χ3v) is 6.83. The van der Waals surface area contributed by atoms with Crippen LogP contribution in [0.1, 0.15) is 23.1 Å². The molecule has 0 radical (unpaired) electrons. The first-order chi connectivity index (χ1) is 20.4. The first-order valence-corrected chi connectivity index (χ1v) is 13.8. The minimum Gasteiger partial charge on any atom is -0.494 e. The van der Waals surface area contributed by atoms with Crippen molar-refractivity contribution < 1.29 is 32.9 Å². The lowest BCUT2D eigenvalue weighted by Crippen LogP contribution is -2.25. The number of hydrogen-bond acceptors (Lipinski definition) is 9. The molecular weight excluding hydrogens is 565 g/mol. The van der Waals surface area contributed by atoms with Crippen molar-refractivity contribution in [2.75, 3.05) is 39.0 Å². The number of nitrogens with zero attached hydrogens (tertiary/aromatic N) is 3. The number of thioether (sulfide) groups is 1. The van der Waals surface area contributed by atoms with Crippen LogP contribution in [0.2, 0.25) is 0 Å². The van der Waals surface area contributed by atoms with Gasteiger partial charge in [-0.15, -0.1) is 10.2 Å². The third-order valence-electron chi connectivity index (χ3n) is 5.90. The number of carbonyl (C=O) groups is 2. The zero-order valence-corrected chi connectivity index (χ0v) is 24.3. The van der Waals surface area contributed by atoms with Crippen LogP contribution in [0.15, 0.2) is 65.8 Å². The molecule has 0 bridgehead atoms. The molecule has 0 spiro atoms. The molecule has 0 saturated carbocycles. The van der Waals surface area contributed by atoms with Crippen LogP contribution >= 0.6 is 11.8 Å². The van der Waals surface area contributed by atoms with E-state index in [0.717, 1.165) is 11.8 Å². The Morgan fingerprint density at radius 3 is 2.19 bits per heavy atom. The normalized spacial score (nSPS) is 10.6. The molecule has 0 aliphatic heterocycles. The van der Waals surface area contributed by atoms with Crippen molar-refractivity contribution in [2.45, 2.75) is 18.6 Å². The van der Waals surface area contributed by atoms with E-state index in [1.807, 2.05) is 6.92 Å². The van der Waals surface area contributed by atoms with Crippen molar-refractivity contribution in [3.8, 4) is 28.7 Å². The van der Waals surface area contributed by atoms with Crippen LogP contribution in [0.4, 0.5) is 10.1 Å². The summed E-state index contributed by atoms with van der Waals surface area (Å²) >= 11 is 1.15. The van der Waals surface area contributed by atoms with Gasteiger partial charge in [0.1, 0.15) is 11.6 Å². The monoisotopic (exact) mass is 595 g/mol. The molecule has 4 rings (SSSR count). The fourth-order valence-electron chi connectivity index (χ4n) is 3.96. The molecule has 3 aromatic carbocycles. The second kappa shape index (κ2) is 14.2. The van der Waals surface area contributed by atoms with Crippen LogP contribution in [0.5, 0.6) is 23.0 Å². The summed E-state index contributed by atoms with van der Waals surface area (Å²) in [7, 11) is 4.39. The highest BCUT2D eigenvalue weighted by Gasteiger charge is 2.20. The Kier molecular flexibility index (Phi) is 10.2. The SMILES string of the molecule is CCOc1ccc(NC(=O)CSc2nnc(CNC(=O)c3cc(OC)c(OC)c(OC)c3)n2-c2ccc(F)cc2)cc1. The highest BCUT2D eigenvalue weighted by atomic mass is 32.2. The van der Waals surface area contributed by atoms with Gasteiger partial charge in [0.15, 0.2) is 22.5 Å². The summed E-state index contributed by atoms with van der Waals surface area (Å²) in [5.74, 6) is 1.05. The minimum absolute atomic E-state index is 0.0151. The maximum atomic E-state index is 13.7. The third kappa shape index (κ3) is 7.29. The number of hydrogen-bond donors (Lipinski definition) is 2. The summed E-state index contributed by atoms with van der Waals surface area (Å²) in [6, 6.07) is 15.9. The molecular formula is C29H30FN5O6S. The Balaban J connectivity index is 1.50.